The first-order valence-electron chi connectivity index (χ1n) is 10.7. The van der Waals surface area contributed by atoms with Crippen LogP contribution in [0.4, 0.5) is 10.6 Å². The highest BCUT2D eigenvalue weighted by Crippen LogP contribution is 2.37. The van der Waals surface area contributed by atoms with E-state index >= 15 is 0 Å². The molecule has 34 heavy (non-hydrogen) atoms. The maximum Gasteiger partial charge on any atom is 0.325 e. The third-order valence-electron chi connectivity index (χ3n) is 5.90. The van der Waals surface area contributed by atoms with E-state index in [9.17, 15) is 14.4 Å². The summed E-state index contributed by atoms with van der Waals surface area (Å²) in [7, 11) is 0. The fourth-order valence-electron chi connectivity index (χ4n) is 4.04. The van der Waals surface area contributed by atoms with Gasteiger partial charge in [-0.05, 0) is 50.6 Å². The second kappa shape index (κ2) is 7.91. The van der Waals surface area contributed by atoms with Crippen LogP contribution in [-0.2, 0) is 15.1 Å². The molecule has 1 aromatic heterocycles. The molecule has 10 nitrogen and oxygen atoms in total. The zero-order valence-electron chi connectivity index (χ0n) is 18.9. The number of ether oxygens (including phenoxy) is 2. The zero-order chi connectivity index (χ0) is 24.0. The van der Waals surface area contributed by atoms with Gasteiger partial charge in [-0.15, -0.1) is 0 Å². The minimum atomic E-state index is -1.33. The number of rotatable bonds is 5. The Hall–Kier alpha value is -4.34. The van der Waals surface area contributed by atoms with Crippen LogP contribution in [0, 0.1) is 13.8 Å². The first-order valence-corrected chi connectivity index (χ1v) is 10.7. The van der Waals surface area contributed by atoms with Gasteiger partial charge in [0.2, 0.25) is 12.7 Å². The molecule has 10 heteroatoms. The second-order valence-electron chi connectivity index (χ2n) is 8.48. The van der Waals surface area contributed by atoms with Crippen LogP contribution in [0.25, 0.3) is 5.69 Å². The average molecular weight is 461 g/mol. The molecular weight excluding hydrogens is 438 g/mol. The number of anilines is 1. The van der Waals surface area contributed by atoms with Crippen molar-refractivity contribution >= 4 is 23.7 Å². The Bertz CT molecular complexity index is 1320. The van der Waals surface area contributed by atoms with Gasteiger partial charge in [0.1, 0.15) is 17.9 Å². The molecule has 174 valence electrons. The summed E-state index contributed by atoms with van der Waals surface area (Å²) in [6.45, 7) is 5.05. The first-order chi connectivity index (χ1) is 16.2. The van der Waals surface area contributed by atoms with Crippen molar-refractivity contribution in [2.24, 2.45) is 0 Å². The van der Waals surface area contributed by atoms with Gasteiger partial charge in [0.25, 0.3) is 5.91 Å². The SMILES string of the molecule is Cc1ccc(-n2nc(C)cc2NC(=O)CN2C(=O)NC(C)(c3ccc4c(c3)OCO4)C2=O)cc1. The fraction of sp³-hybridized carbons (Fsp3) is 0.250. The molecule has 2 N–H and O–H groups in total. The molecule has 1 unspecified atom stereocenters. The molecule has 0 saturated carbocycles. The molecule has 3 heterocycles. The van der Waals surface area contributed by atoms with Crippen LogP contribution in [0.2, 0.25) is 0 Å². The molecule has 1 fully saturated rings. The molecular formula is C24H23N5O5. The number of urea groups is 1. The monoisotopic (exact) mass is 461 g/mol. The Labute approximate surface area is 195 Å². The number of fused-ring (bicyclic) bond motifs is 1. The van der Waals surface area contributed by atoms with Crippen molar-refractivity contribution in [3.8, 4) is 17.2 Å². The molecule has 2 aliphatic rings. The number of benzene rings is 2. The Morgan fingerprint density at radius 2 is 1.82 bits per heavy atom. The van der Waals surface area contributed by atoms with Gasteiger partial charge in [0.05, 0.1) is 11.4 Å². The second-order valence-corrected chi connectivity index (χ2v) is 8.48. The number of nitrogens with one attached hydrogen (secondary N) is 2. The van der Waals surface area contributed by atoms with Crippen LogP contribution >= 0.6 is 0 Å². The van der Waals surface area contributed by atoms with Gasteiger partial charge < -0.3 is 20.1 Å². The Morgan fingerprint density at radius 3 is 2.59 bits per heavy atom. The largest absolute Gasteiger partial charge is 0.454 e. The summed E-state index contributed by atoms with van der Waals surface area (Å²) in [4.78, 5) is 39.6. The highest BCUT2D eigenvalue weighted by atomic mass is 16.7. The van der Waals surface area contributed by atoms with Crippen molar-refractivity contribution in [3.05, 3.63) is 65.4 Å². The maximum absolute atomic E-state index is 13.2. The molecule has 2 aliphatic heterocycles. The molecule has 0 aliphatic carbocycles. The van der Waals surface area contributed by atoms with Gasteiger partial charge in [-0.1, -0.05) is 23.8 Å². The van der Waals surface area contributed by atoms with E-state index in [-0.39, 0.29) is 6.79 Å². The number of aryl methyl sites for hydroxylation is 2. The summed E-state index contributed by atoms with van der Waals surface area (Å²) in [6.07, 6.45) is 0. The van der Waals surface area contributed by atoms with Crippen LogP contribution in [-0.4, -0.2) is 45.9 Å². The quantitative estimate of drug-likeness (QED) is 0.565. The summed E-state index contributed by atoms with van der Waals surface area (Å²) in [5, 5.41) is 9.90. The van der Waals surface area contributed by atoms with E-state index in [1.807, 2.05) is 38.1 Å². The van der Waals surface area contributed by atoms with E-state index in [1.54, 1.807) is 35.9 Å². The van der Waals surface area contributed by atoms with Gasteiger partial charge in [0, 0.05) is 6.07 Å². The number of aromatic nitrogens is 2. The molecule has 0 radical (unpaired) electrons. The lowest BCUT2D eigenvalue weighted by Crippen LogP contribution is -2.42. The van der Waals surface area contributed by atoms with Gasteiger partial charge >= 0.3 is 6.03 Å². The summed E-state index contributed by atoms with van der Waals surface area (Å²) in [5.41, 5.74) is 1.78. The summed E-state index contributed by atoms with van der Waals surface area (Å²) >= 11 is 0. The first kappa shape index (κ1) is 21.5. The van der Waals surface area contributed by atoms with E-state index in [0.717, 1.165) is 16.2 Å². The van der Waals surface area contributed by atoms with Crippen LogP contribution in [0.3, 0.4) is 0 Å². The molecule has 3 aromatic rings. The van der Waals surface area contributed by atoms with E-state index in [4.69, 9.17) is 9.47 Å². The van der Waals surface area contributed by atoms with Gasteiger partial charge in [0.15, 0.2) is 11.5 Å². The highest BCUT2D eigenvalue weighted by molar-refractivity contribution is 6.10. The van der Waals surface area contributed by atoms with Crippen LogP contribution < -0.4 is 20.1 Å². The topological polar surface area (TPSA) is 115 Å². The molecule has 1 atom stereocenters. The minimum absolute atomic E-state index is 0.0980. The molecule has 0 spiro atoms. The van der Waals surface area contributed by atoms with E-state index < -0.39 is 29.9 Å². The lowest BCUT2D eigenvalue weighted by atomic mass is 9.91. The van der Waals surface area contributed by atoms with Crippen LogP contribution in [0.1, 0.15) is 23.7 Å². The lowest BCUT2D eigenvalue weighted by Gasteiger charge is -2.22. The van der Waals surface area contributed by atoms with Gasteiger partial charge in [-0.25, -0.2) is 9.48 Å². The third kappa shape index (κ3) is 3.62. The zero-order valence-corrected chi connectivity index (χ0v) is 18.9. The molecule has 1 saturated heterocycles. The van der Waals surface area contributed by atoms with Crippen LogP contribution in [0.5, 0.6) is 11.5 Å². The number of amides is 4. The Balaban J connectivity index is 1.33. The average Bonchev–Trinajstić information content (AvgIpc) is 3.47. The molecule has 0 bridgehead atoms. The number of imide groups is 1. The normalized spacial score (nSPS) is 18.9. The summed E-state index contributed by atoms with van der Waals surface area (Å²) in [5.74, 6) is 0.455. The summed E-state index contributed by atoms with van der Waals surface area (Å²) < 4.78 is 12.3. The Kier molecular flexibility index (Phi) is 5.00. The van der Waals surface area contributed by atoms with E-state index in [1.165, 1.54) is 0 Å². The highest BCUT2D eigenvalue weighted by Gasteiger charge is 2.50. The number of hydrogen-bond acceptors (Lipinski definition) is 6. The van der Waals surface area contributed by atoms with Crippen molar-refractivity contribution in [2.45, 2.75) is 26.3 Å². The van der Waals surface area contributed by atoms with Crippen molar-refractivity contribution in [2.75, 3.05) is 18.7 Å². The number of nitrogens with zero attached hydrogens (tertiary/aromatic N) is 3. The smallest absolute Gasteiger partial charge is 0.325 e. The minimum Gasteiger partial charge on any atom is -0.454 e. The lowest BCUT2D eigenvalue weighted by molar-refractivity contribution is -0.133. The number of carbonyl (C=O) groups excluding carboxylic acids is 3. The summed E-state index contributed by atoms with van der Waals surface area (Å²) in [6, 6.07) is 13.8. The third-order valence-corrected chi connectivity index (χ3v) is 5.90. The van der Waals surface area contributed by atoms with Crippen LogP contribution in [0.15, 0.2) is 48.5 Å². The van der Waals surface area contributed by atoms with Crippen molar-refractivity contribution in [3.63, 3.8) is 0 Å². The fourth-order valence-corrected chi connectivity index (χ4v) is 4.04. The molecule has 2 aromatic carbocycles. The van der Waals surface area contributed by atoms with Gasteiger partial charge in [-0.2, -0.15) is 5.10 Å². The van der Waals surface area contributed by atoms with Crippen molar-refractivity contribution in [1.29, 1.82) is 0 Å². The maximum atomic E-state index is 13.2. The Morgan fingerprint density at radius 1 is 1.09 bits per heavy atom. The van der Waals surface area contributed by atoms with E-state index in [2.05, 4.69) is 15.7 Å². The number of carbonyl (C=O) groups is 3. The molecule has 5 rings (SSSR count). The predicted octanol–water partition coefficient (Wildman–Crippen LogP) is 2.62. The van der Waals surface area contributed by atoms with Crippen molar-refractivity contribution < 1.29 is 23.9 Å². The van der Waals surface area contributed by atoms with Gasteiger partial charge in [-0.3, -0.25) is 14.5 Å². The van der Waals surface area contributed by atoms with E-state index in [0.29, 0.717) is 28.6 Å². The predicted molar refractivity (Wildman–Crippen MR) is 122 cm³/mol. The van der Waals surface area contributed by atoms with Crippen molar-refractivity contribution in [1.82, 2.24) is 20.0 Å². The standard InChI is InChI=1S/C24H23N5O5/c1-14-4-7-17(8-5-14)29-20(10-15(2)27-29)25-21(30)12-28-22(31)24(3,26-23(28)32)16-6-9-18-19(11-16)34-13-33-18/h4-11H,12-13H2,1-3H3,(H,25,30)(H,26,32). The molecule has 4 amide bonds. The number of hydrogen-bond donors (Lipinski definition) is 2.